The zero-order valence-corrected chi connectivity index (χ0v) is 10.2. The molecule has 2 rings (SSSR count). The van der Waals surface area contributed by atoms with E-state index in [1.54, 1.807) is 6.92 Å². The summed E-state index contributed by atoms with van der Waals surface area (Å²) in [5.74, 6) is -0.610. The first-order valence-electron chi connectivity index (χ1n) is 5.20. The molecule has 0 unspecified atom stereocenters. The van der Waals surface area contributed by atoms with Gasteiger partial charge in [0.25, 0.3) is 0 Å². The number of aromatic nitrogens is 1. The Morgan fingerprint density at radius 3 is 2.50 bits per heavy atom. The summed E-state index contributed by atoms with van der Waals surface area (Å²) in [7, 11) is 2.64. The molecule has 0 aliphatic rings. The van der Waals surface area contributed by atoms with E-state index in [2.05, 4.69) is 9.72 Å². The van der Waals surface area contributed by atoms with Gasteiger partial charge in [0, 0.05) is 10.9 Å². The van der Waals surface area contributed by atoms with Crippen molar-refractivity contribution in [3.05, 3.63) is 17.3 Å². The molecule has 0 bridgehead atoms. The van der Waals surface area contributed by atoms with E-state index in [9.17, 15) is 15.0 Å². The van der Waals surface area contributed by atoms with E-state index in [1.165, 1.54) is 20.3 Å². The van der Waals surface area contributed by atoms with Crippen LogP contribution in [0.3, 0.4) is 0 Å². The summed E-state index contributed by atoms with van der Waals surface area (Å²) >= 11 is 0. The van der Waals surface area contributed by atoms with Gasteiger partial charge in [0.05, 0.1) is 19.7 Å². The highest BCUT2D eigenvalue weighted by molar-refractivity contribution is 6.01. The average molecular weight is 251 g/mol. The summed E-state index contributed by atoms with van der Waals surface area (Å²) in [6.07, 6.45) is 0. The molecule has 0 fully saturated rings. The lowest BCUT2D eigenvalue weighted by molar-refractivity contribution is 0.0595. The quantitative estimate of drug-likeness (QED) is 0.558. The number of hydrogen-bond donors (Lipinski definition) is 3. The molecule has 6 nitrogen and oxygen atoms in total. The molecule has 0 saturated heterocycles. The van der Waals surface area contributed by atoms with Gasteiger partial charge in [-0.2, -0.15) is 0 Å². The van der Waals surface area contributed by atoms with E-state index in [1.807, 2.05) is 0 Å². The van der Waals surface area contributed by atoms with Gasteiger partial charge >= 0.3 is 5.97 Å². The molecular formula is C12H13NO5. The van der Waals surface area contributed by atoms with Gasteiger partial charge < -0.3 is 24.7 Å². The third-order valence-corrected chi connectivity index (χ3v) is 2.83. The van der Waals surface area contributed by atoms with E-state index < -0.39 is 5.97 Å². The summed E-state index contributed by atoms with van der Waals surface area (Å²) in [5.41, 5.74) is 0.803. The monoisotopic (exact) mass is 251 g/mol. The molecule has 2 aromatic rings. The molecule has 96 valence electrons. The maximum absolute atomic E-state index is 11.4. The Morgan fingerprint density at radius 2 is 1.94 bits per heavy atom. The molecule has 6 heteroatoms. The number of methoxy groups -OCH3 is 2. The van der Waals surface area contributed by atoms with Crippen LogP contribution in [0.1, 0.15) is 16.1 Å². The number of benzene rings is 1. The third kappa shape index (κ3) is 1.54. The maximum Gasteiger partial charge on any atom is 0.354 e. The van der Waals surface area contributed by atoms with Gasteiger partial charge in [0.1, 0.15) is 11.4 Å². The van der Waals surface area contributed by atoms with Crippen molar-refractivity contribution in [1.82, 2.24) is 4.98 Å². The summed E-state index contributed by atoms with van der Waals surface area (Å²) < 4.78 is 9.59. The minimum absolute atomic E-state index is 0.0743. The number of H-pyrrole nitrogens is 1. The Kier molecular flexibility index (Phi) is 2.78. The molecule has 0 saturated carbocycles. The number of hydrogen-bond acceptors (Lipinski definition) is 5. The fourth-order valence-electron chi connectivity index (χ4n) is 1.89. The van der Waals surface area contributed by atoms with Crippen LogP contribution >= 0.6 is 0 Å². The average Bonchev–Trinajstić information content (AvgIpc) is 2.81. The van der Waals surface area contributed by atoms with E-state index in [0.29, 0.717) is 10.9 Å². The number of carbonyl (C=O) groups is 1. The summed E-state index contributed by atoms with van der Waals surface area (Å²) in [6.45, 7) is 1.60. The fraction of sp³-hybridized carbons (Fsp3) is 0.250. The SMILES string of the molecule is COC(=O)c1cc2c(O)c(OC)c(C)c(O)c2[nH]1. The van der Waals surface area contributed by atoms with Gasteiger partial charge in [-0.3, -0.25) is 0 Å². The van der Waals surface area contributed by atoms with Crippen LogP contribution in [0.2, 0.25) is 0 Å². The molecule has 0 amide bonds. The molecule has 0 spiro atoms. The number of phenolic OH excluding ortho intramolecular Hbond substituents is 2. The van der Waals surface area contributed by atoms with Gasteiger partial charge in [-0.05, 0) is 13.0 Å². The second kappa shape index (κ2) is 4.14. The van der Waals surface area contributed by atoms with Crippen LogP contribution in [0.15, 0.2) is 6.07 Å². The second-order valence-corrected chi connectivity index (χ2v) is 3.82. The number of aromatic hydroxyl groups is 2. The van der Waals surface area contributed by atoms with Crippen LogP contribution in [-0.4, -0.2) is 35.4 Å². The number of esters is 1. The van der Waals surface area contributed by atoms with Crippen molar-refractivity contribution >= 4 is 16.9 Å². The molecule has 0 aliphatic carbocycles. The van der Waals surface area contributed by atoms with Crippen molar-refractivity contribution < 1.29 is 24.5 Å². The highest BCUT2D eigenvalue weighted by Crippen LogP contribution is 2.44. The Hall–Kier alpha value is -2.37. The highest BCUT2D eigenvalue weighted by atomic mass is 16.5. The molecule has 3 N–H and O–H groups in total. The Labute approximate surface area is 103 Å². The van der Waals surface area contributed by atoms with Crippen molar-refractivity contribution in [3.8, 4) is 17.2 Å². The lowest BCUT2D eigenvalue weighted by atomic mass is 10.1. The van der Waals surface area contributed by atoms with Crippen LogP contribution in [0.5, 0.6) is 17.2 Å². The predicted molar refractivity (Wildman–Crippen MR) is 64.3 cm³/mol. The number of rotatable bonds is 2. The van der Waals surface area contributed by atoms with Crippen molar-refractivity contribution in [3.63, 3.8) is 0 Å². The number of aromatic amines is 1. The number of ether oxygens (including phenoxy) is 2. The molecular weight excluding hydrogens is 238 g/mol. The molecule has 0 radical (unpaired) electrons. The van der Waals surface area contributed by atoms with Crippen molar-refractivity contribution in [2.45, 2.75) is 6.92 Å². The number of phenols is 2. The second-order valence-electron chi connectivity index (χ2n) is 3.82. The third-order valence-electron chi connectivity index (χ3n) is 2.83. The molecule has 0 aliphatic heterocycles. The van der Waals surface area contributed by atoms with Crippen LogP contribution in [0, 0.1) is 6.92 Å². The normalized spacial score (nSPS) is 10.6. The summed E-state index contributed by atoms with van der Waals surface area (Å²) in [4.78, 5) is 14.1. The van der Waals surface area contributed by atoms with Crippen LogP contribution in [0.4, 0.5) is 0 Å². The first-order chi connectivity index (χ1) is 8.51. The molecule has 1 aromatic heterocycles. The molecule has 18 heavy (non-hydrogen) atoms. The zero-order chi connectivity index (χ0) is 13.4. The zero-order valence-electron chi connectivity index (χ0n) is 10.2. The topological polar surface area (TPSA) is 91.8 Å². The summed E-state index contributed by atoms with van der Waals surface area (Å²) in [6, 6.07) is 1.40. The van der Waals surface area contributed by atoms with Crippen LogP contribution in [-0.2, 0) is 4.74 Å². The minimum Gasteiger partial charge on any atom is -0.505 e. The van der Waals surface area contributed by atoms with Crippen molar-refractivity contribution in [1.29, 1.82) is 0 Å². The molecule has 1 heterocycles. The van der Waals surface area contributed by atoms with Gasteiger partial charge in [-0.1, -0.05) is 0 Å². The lowest BCUT2D eigenvalue weighted by Crippen LogP contribution is -2.00. The highest BCUT2D eigenvalue weighted by Gasteiger charge is 2.20. The standard InChI is InChI=1S/C12H13NO5/c1-5-9(14)8-6(10(15)11(5)17-2)4-7(13-8)12(16)18-3/h4,13-15H,1-3H3. The lowest BCUT2D eigenvalue weighted by Gasteiger charge is -2.10. The number of fused-ring (bicyclic) bond motifs is 1. The van der Waals surface area contributed by atoms with Crippen LogP contribution in [0.25, 0.3) is 10.9 Å². The largest absolute Gasteiger partial charge is 0.505 e. The number of carbonyl (C=O) groups excluding carboxylic acids is 1. The van der Waals surface area contributed by atoms with E-state index in [4.69, 9.17) is 4.74 Å². The summed E-state index contributed by atoms with van der Waals surface area (Å²) in [5, 5.41) is 20.3. The fourth-order valence-corrected chi connectivity index (χ4v) is 1.89. The smallest absolute Gasteiger partial charge is 0.354 e. The number of nitrogens with one attached hydrogen (secondary N) is 1. The Balaban J connectivity index is 2.80. The molecule has 0 atom stereocenters. The first-order valence-corrected chi connectivity index (χ1v) is 5.20. The van der Waals surface area contributed by atoms with Crippen molar-refractivity contribution in [2.75, 3.05) is 14.2 Å². The minimum atomic E-state index is -0.582. The van der Waals surface area contributed by atoms with Crippen molar-refractivity contribution in [2.24, 2.45) is 0 Å². The first kappa shape index (κ1) is 12.1. The van der Waals surface area contributed by atoms with E-state index in [-0.39, 0.29) is 28.5 Å². The Bertz CT molecular complexity index is 629. The van der Waals surface area contributed by atoms with Gasteiger partial charge in [0.2, 0.25) is 0 Å². The van der Waals surface area contributed by atoms with Gasteiger partial charge in [-0.25, -0.2) is 4.79 Å². The maximum atomic E-state index is 11.4. The van der Waals surface area contributed by atoms with Gasteiger partial charge in [0.15, 0.2) is 11.5 Å². The van der Waals surface area contributed by atoms with E-state index in [0.717, 1.165) is 0 Å². The van der Waals surface area contributed by atoms with E-state index >= 15 is 0 Å². The van der Waals surface area contributed by atoms with Crippen LogP contribution < -0.4 is 4.74 Å². The van der Waals surface area contributed by atoms with Gasteiger partial charge in [-0.15, -0.1) is 0 Å². The predicted octanol–water partition coefficient (Wildman–Crippen LogP) is 1.68. The molecule has 1 aromatic carbocycles. The Morgan fingerprint density at radius 1 is 1.28 bits per heavy atom.